The van der Waals surface area contributed by atoms with Gasteiger partial charge in [0.15, 0.2) is 0 Å². The molecule has 7 aromatic carbocycles. The van der Waals surface area contributed by atoms with E-state index in [1.807, 2.05) is 0 Å². The van der Waals surface area contributed by atoms with Gasteiger partial charge in [-0.25, -0.2) is 0 Å². The molecule has 0 N–H and O–H groups in total. The fourth-order valence-electron chi connectivity index (χ4n) is 9.08. The van der Waals surface area contributed by atoms with Gasteiger partial charge in [0.25, 0.3) is 13.4 Å². The lowest BCUT2D eigenvalue weighted by molar-refractivity contribution is 0.465. The second-order valence-electron chi connectivity index (χ2n) is 13.2. The Labute approximate surface area is 277 Å². The summed E-state index contributed by atoms with van der Waals surface area (Å²) in [6.07, 6.45) is 0. The van der Waals surface area contributed by atoms with Gasteiger partial charge in [-0.05, 0) is 81.3 Å². The summed E-state index contributed by atoms with van der Waals surface area (Å²) in [4.78, 5) is 2.38. The van der Waals surface area contributed by atoms with Gasteiger partial charge in [-0.3, -0.25) is 0 Å². The molecule has 6 heteroatoms. The van der Waals surface area contributed by atoms with Crippen molar-refractivity contribution in [3.05, 3.63) is 146 Å². The highest BCUT2D eigenvalue weighted by Crippen LogP contribution is 2.42. The van der Waals surface area contributed by atoms with Crippen molar-refractivity contribution in [1.29, 1.82) is 0 Å². The number of benzene rings is 7. The monoisotopic (exact) mass is 610 g/mol. The Morgan fingerprint density at radius 3 is 1.85 bits per heavy atom. The van der Waals surface area contributed by atoms with E-state index in [0.29, 0.717) is 0 Å². The normalized spacial score (nSPS) is 14.0. The van der Waals surface area contributed by atoms with E-state index in [1.54, 1.807) is 0 Å². The second kappa shape index (κ2) is 8.81. The molecule has 0 saturated carbocycles. The van der Waals surface area contributed by atoms with Crippen LogP contribution in [-0.2, 0) is 0 Å². The molecule has 1 aromatic heterocycles. The number of nitrogens with zero attached hydrogens (tertiary/aromatic N) is 2. The summed E-state index contributed by atoms with van der Waals surface area (Å²) in [6, 6.07) is 52.5. The van der Waals surface area contributed by atoms with Gasteiger partial charge in [-0.2, -0.15) is 0 Å². The zero-order valence-corrected chi connectivity index (χ0v) is 25.7. The highest BCUT2D eigenvalue weighted by molar-refractivity contribution is 7.02. The van der Waals surface area contributed by atoms with E-state index in [0.717, 1.165) is 34.4 Å². The maximum Gasteiger partial charge on any atom is 0.256 e. The number of rotatable bonds is 1. The van der Waals surface area contributed by atoms with E-state index in [2.05, 4.69) is 155 Å². The molecule has 4 aliphatic rings. The van der Waals surface area contributed by atoms with Gasteiger partial charge in [0.1, 0.15) is 23.0 Å². The van der Waals surface area contributed by atoms with E-state index >= 15 is 0 Å². The van der Waals surface area contributed by atoms with Crippen LogP contribution in [0.5, 0.6) is 23.0 Å². The summed E-state index contributed by atoms with van der Waals surface area (Å²) in [6.45, 7) is 0.0472. The molecule has 8 aromatic rings. The van der Waals surface area contributed by atoms with Crippen molar-refractivity contribution in [1.82, 2.24) is 4.57 Å². The molecule has 0 amide bonds. The number of ether oxygens (including phenoxy) is 2. The topological polar surface area (TPSA) is 26.6 Å². The van der Waals surface area contributed by atoms with E-state index in [1.165, 1.54) is 66.0 Å². The quantitative estimate of drug-likeness (QED) is 0.210. The van der Waals surface area contributed by atoms with Gasteiger partial charge >= 0.3 is 0 Å². The molecule has 0 spiro atoms. The molecule has 5 heterocycles. The minimum atomic E-state index is 0.0175. The number of hydrogen-bond acceptors (Lipinski definition) is 3. The van der Waals surface area contributed by atoms with Gasteiger partial charge in [-0.15, -0.1) is 0 Å². The standard InChI is InChI=1S/C42H24B2N2O2/c1-2-11-25(12-3-1)45-33-18-7-5-15-28(33)43-30-23-31-39(24-38(30)47-36-21-9-19-34(45)40(36)43)48-37-22-10-20-35-41(37)44(31)29-16-8-14-27-26-13-4-6-17-32(26)46(35)42(27)29/h1-24H. The van der Waals surface area contributed by atoms with E-state index < -0.39 is 0 Å². The number of hydrogen-bond donors (Lipinski definition) is 0. The summed E-state index contributed by atoms with van der Waals surface area (Å²) in [5.41, 5.74) is 14.6. The molecule has 0 saturated heterocycles. The Bertz CT molecular complexity index is 2720. The van der Waals surface area contributed by atoms with Gasteiger partial charge in [0.2, 0.25) is 0 Å². The number of aromatic nitrogens is 1. The molecule has 0 aliphatic carbocycles. The Kier molecular flexibility index (Phi) is 4.59. The maximum absolute atomic E-state index is 6.83. The third kappa shape index (κ3) is 2.99. The molecular formula is C42H24B2N2O2. The number of para-hydroxylation sites is 4. The Balaban J connectivity index is 1.13. The Morgan fingerprint density at radius 1 is 0.417 bits per heavy atom. The molecule has 4 aliphatic heterocycles. The molecule has 0 atom stereocenters. The van der Waals surface area contributed by atoms with Crippen LogP contribution in [0.25, 0.3) is 27.5 Å². The van der Waals surface area contributed by atoms with Gasteiger partial charge in [0, 0.05) is 45.1 Å². The first-order valence-corrected chi connectivity index (χ1v) is 16.6. The molecule has 0 radical (unpaired) electrons. The predicted octanol–water partition coefficient (Wildman–Crippen LogP) is 6.12. The van der Waals surface area contributed by atoms with E-state index in [4.69, 9.17) is 9.47 Å². The first kappa shape index (κ1) is 25.0. The predicted molar refractivity (Wildman–Crippen MR) is 198 cm³/mol. The average molecular weight is 610 g/mol. The van der Waals surface area contributed by atoms with Crippen LogP contribution in [0, 0.1) is 0 Å². The largest absolute Gasteiger partial charge is 0.458 e. The summed E-state index contributed by atoms with van der Waals surface area (Å²) in [7, 11) is 0. The van der Waals surface area contributed by atoms with Crippen molar-refractivity contribution in [3.8, 4) is 28.7 Å². The summed E-state index contributed by atoms with van der Waals surface area (Å²) in [5, 5.41) is 2.56. The van der Waals surface area contributed by atoms with Crippen molar-refractivity contribution in [2.75, 3.05) is 4.90 Å². The van der Waals surface area contributed by atoms with Crippen molar-refractivity contribution < 1.29 is 9.47 Å². The molecule has 4 nitrogen and oxygen atoms in total. The van der Waals surface area contributed by atoms with Crippen molar-refractivity contribution in [3.63, 3.8) is 0 Å². The Hall–Kier alpha value is -6.13. The lowest BCUT2D eigenvalue weighted by Crippen LogP contribution is -2.62. The number of anilines is 3. The molecule has 220 valence electrons. The molecule has 12 rings (SSSR count). The van der Waals surface area contributed by atoms with E-state index in [9.17, 15) is 0 Å². The minimum absolute atomic E-state index is 0.0175. The highest BCUT2D eigenvalue weighted by Gasteiger charge is 2.45. The first-order valence-electron chi connectivity index (χ1n) is 16.6. The first-order chi connectivity index (χ1) is 23.8. The fourth-order valence-corrected chi connectivity index (χ4v) is 9.08. The highest BCUT2D eigenvalue weighted by atomic mass is 16.5. The summed E-state index contributed by atoms with van der Waals surface area (Å²) >= 11 is 0. The van der Waals surface area contributed by atoms with Crippen LogP contribution in [0.4, 0.5) is 17.1 Å². The summed E-state index contributed by atoms with van der Waals surface area (Å²) < 4.78 is 16.1. The average Bonchev–Trinajstić information content (AvgIpc) is 3.48. The van der Waals surface area contributed by atoms with Crippen molar-refractivity contribution in [2.45, 2.75) is 0 Å². The zero-order valence-electron chi connectivity index (χ0n) is 25.7. The molecule has 48 heavy (non-hydrogen) atoms. The van der Waals surface area contributed by atoms with Crippen LogP contribution in [-0.4, -0.2) is 18.0 Å². The molecular weight excluding hydrogens is 586 g/mol. The van der Waals surface area contributed by atoms with Crippen LogP contribution in [0.15, 0.2) is 146 Å². The molecule has 0 bridgehead atoms. The van der Waals surface area contributed by atoms with Crippen LogP contribution in [0.2, 0.25) is 0 Å². The lowest BCUT2D eigenvalue weighted by atomic mass is 9.31. The molecule has 0 fully saturated rings. The maximum atomic E-state index is 6.83. The van der Waals surface area contributed by atoms with Gasteiger partial charge in [0.05, 0.1) is 5.52 Å². The third-order valence-electron chi connectivity index (χ3n) is 10.9. The van der Waals surface area contributed by atoms with Crippen LogP contribution in [0.3, 0.4) is 0 Å². The third-order valence-corrected chi connectivity index (χ3v) is 10.9. The molecule has 0 unspecified atom stereocenters. The second-order valence-corrected chi connectivity index (χ2v) is 13.2. The number of fused-ring (bicyclic) bond motifs is 11. The Morgan fingerprint density at radius 2 is 1.02 bits per heavy atom. The van der Waals surface area contributed by atoms with Crippen LogP contribution < -0.4 is 47.2 Å². The van der Waals surface area contributed by atoms with Crippen LogP contribution in [0.1, 0.15) is 0 Å². The lowest BCUT2D eigenvalue weighted by Gasteiger charge is -2.40. The fraction of sp³-hybridized carbons (Fsp3) is 0. The summed E-state index contributed by atoms with van der Waals surface area (Å²) in [5.74, 6) is 3.52. The van der Waals surface area contributed by atoms with Crippen LogP contribution >= 0.6 is 0 Å². The smallest absolute Gasteiger partial charge is 0.256 e. The van der Waals surface area contributed by atoms with E-state index in [-0.39, 0.29) is 13.4 Å². The van der Waals surface area contributed by atoms with Gasteiger partial charge < -0.3 is 18.9 Å². The minimum Gasteiger partial charge on any atom is -0.458 e. The SMILES string of the molecule is c1ccc(N2c3ccccc3B3c4cc5c(cc4Oc4cccc2c43)Oc2cccc3c2B5c2cccc4c5ccccc5n-3c24)cc1. The van der Waals surface area contributed by atoms with Gasteiger partial charge in [-0.1, -0.05) is 91.0 Å². The zero-order chi connectivity index (χ0) is 31.1. The van der Waals surface area contributed by atoms with Crippen molar-refractivity contribution in [2.24, 2.45) is 0 Å². The van der Waals surface area contributed by atoms with Crippen molar-refractivity contribution >= 4 is 85.1 Å².